The number of para-hydroxylation sites is 3. The quantitative estimate of drug-likeness (QED) is 0.125. The van der Waals surface area contributed by atoms with Gasteiger partial charge in [-0.05, 0) is 86.9 Å². The average Bonchev–Trinajstić information content (AvgIpc) is 3.82. The van der Waals surface area contributed by atoms with Crippen LogP contribution >= 0.6 is 0 Å². The Hall–Kier alpha value is -6.53. The molecule has 9 aromatic rings. The molecule has 0 saturated carbocycles. The van der Waals surface area contributed by atoms with Gasteiger partial charge in [0.15, 0.2) is 5.82 Å². The third-order valence-corrected chi connectivity index (χ3v) is 12.0. The standard InChI is InChI=1S/C52H47N5O/c1-50(2,3)35-25-27-54-47(29-35)57-42-18-12-11-17-39(42)40-22-21-36(30-45(40)57)58-37-26-28-53-46(31-37)55-33-56(44-20-14-13-19-43(44)55)49-38(34-15-9-8-10-16-34)23-24-41-48(49)52(6,7)32-51(41,4)5/h8-31H,32H2,1-7H3. The number of ether oxygens (including phenoxy) is 1. The maximum atomic E-state index is 6.70. The Morgan fingerprint density at radius 1 is 0.638 bits per heavy atom. The fourth-order valence-electron chi connectivity index (χ4n) is 9.60. The Morgan fingerprint density at radius 3 is 2.14 bits per heavy atom. The molecule has 0 amide bonds. The van der Waals surface area contributed by atoms with Crippen molar-refractivity contribution in [2.24, 2.45) is 0 Å². The number of nitrogens with zero attached hydrogens (tertiary/aromatic N) is 5. The SMILES string of the molecule is CC(C)(C)c1ccnc(-n2c3ccccc3c3ccc(Oc4ccnc(-n5[c-][n+](-c6c(-c7ccccc7)ccc7c6C(C)(C)CC7(C)C)c6ccccc65)c4)cc32)c1. The molecule has 0 atom stereocenters. The van der Waals surface area contributed by atoms with Crippen LogP contribution in [-0.2, 0) is 16.2 Å². The lowest BCUT2D eigenvalue weighted by Crippen LogP contribution is -2.34. The van der Waals surface area contributed by atoms with Crippen LogP contribution in [0.25, 0.3) is 61.3 Å². The summed E-state index contributed by atoms with van der Waals surface area (Å²) in [5.41, 5.74) is 11.7. The van der Waals surface area contributed by atoms with Crippen molar-refractivity contribution in [3.05, 3.63) is 169 Å². The summed E-state index contributed by atoms with van der Waals surface area (Å²) in [6.45, 7) is 16.2. The van der Waals surface area contributed by atoms with Crippen LogP contribution in [0.2, 0.25) is 0 Å². The van der Waals surface area contributed by atoms with Crippen molar-refractivity contribution in [3.63, 3.8) is 0 Å². The molecule has 0 fully saturated rings. The number of fused-ring (bicyclic) bond motifs is 5. The zero-order chi connectivity index (χ0) is 40.0. The van der Waals surface area contributed by atoms with Gasteiger partial charge in [-0.15, -0.1) is 0 Å². The molecular weight excluding hydrogens is 711 g/mol. The molecule has 58 heavy (non-hydrogen) atoms. The molecule has 4 aromatic heterocycles. The van der Waals surface area contributed by atoms with Crippen molar-refractivity contribution in [2.75, 3.05) is 0 Å². The number of hydrogen-bond donors (Lipinski definition) is 0. The molecule has 0 bridgehead atoms. The molecule has 10 rings (SSSR count). The van der Waals surface area contributed by atoms with Crippen LogP contribution in [0.4, 0.5) is 0 Å². The van der Waals surface area contributed by atoms with Gasteiger partial charge in [0.25, 0.3) is 6.33 Å². The predicted molar refractivity (Wildman–Crippen MR) is 235 cm³/mol. The molecule has 1 aliphatic carbocycles. The molecule has 0 aliphatic heterocycles. The van der Waals surface area contributed by atoms with Gasteiger partial charge >= 0.3 is 0 Å². The van der Waals surface area contributed by atoms with E-state index in [9.17, 15) is 0 Å². The molecule has 0 unspecified atom stereocenters. The van der Waals surface area contributed by atoms with Crippen LogP contribution in [0.1, 0.15) is 71.6 Å². The lowest BCUT2D eigenvalue weighted by Gasteiger charge is -2.25. The van der Waals surface area contributed by atoms with E-state index in [0.717, 1.165) is 51.3 Å². The second-order valence-electron chi connectivity index (χ2n) is 18.1. The monoisotopic (exact) mass is 757 g/mol. The fourth-order valence-corrected chi connectivity index (χ4v) is 9.60. The largest absolute Gasteiger partial charge is 0.458 e. The van der Waals surface area contributed by atoms with Crippen LogP contribution in [0, 0.1) is 6.33 Å². The van der Waals surface area contributed by atoms with E-state index in [1.807, 2.05) is 30.6 Å². The van der Waals surface area contributed by atoms with Crippen LogP contribution in [-0.4, -0.2) is 19.1 Å². The minimum Gasteiger partial charge on any atom is -0.458 e. The molecule has 6 nitrogen and oxygen atoms in total. The van der Waals surface area contributed by atoms with E-state index >= 15 is 0 Å². The number of aromatic nitrogens is 5. The van der Waals surface area contributed by atoms with Crippen LogP contribution in [0.15, 0.2) is 146 Å². The maximum absolute atomic E-state index is 6.70. The first-order valence-electron chi connectivity index (χ1n) is 20.2. The van der Waals surface area contributed by atoms with Gasteiger partial charge in [-0.3, -0.25) is 18.7 Å². The van der Waals surface area contributed by atoms with Gasteiger partial charge in [0.05, 0.1) is 27.8 Å². The van der Waals surface area contributed by atoms with Crippen molar-refractivity contribution >= 4 is 32.8 Å². The molecule has 0 spiro atoms. The fraction of sp³-hybridized carbons (Fsp3) is 0.212. The third kappa shape index (κ3) is 5.81. The molecule has 1 aliphatic rings. The normalized spacial score (nSPS) is 14.7. The minimum atomic E-state index is -0.0483. The van der Waals surface area contributed by atoms with E-state index in [2.05, 4.69) is 184 Å². The number of benzene rings is 5. The zero-order valence-corrected chi connectivity index (χ0v) is 34.2. The summed E-state index contributed by atoms with van der Waals surface area (Å²) >= 11 is 0. The Labute approximate surface area is 340 Å². The van der Waals surface area contributed by atoms with Gasteiger partial charge in [0.1, 0.15) is 17.3 Å². The van der Waals surface area contributed by atoms with E-state index in [1.165, 1.54) is 38.9 Å². The molecule has 5 aromatic carbocycles. The van der Waals surface area contributed by atoms with Gasteiger partial charge in [-0.1, -0.05) is 133 Å². The Bertz CT molecular complexity index is 3050. The van der Waals surface area contributed by atoms with Crippen molar-refractivity contribution in [3.8, 4) is 39.9 Å². The van der Waals surface area contributed by atoms with Crippen molar-refractivity contribution in [1.29, 1.82) is 0 Å². The van der Waals surface area contributed by atoms with E-state index in [4.69, 9.17) is 14.7 Å². The highest BCUT2D eigenvalue weighted by Crippen LogP contribution is 2.52. The van der Waals surface area contributed by atoms with E-state index in [-0.39, 0.29) is 16.2 Å². The van der Waals surface area contributed by atoms with Crippen LogP contribution in [0.3, 0.4) is 0 Å². The van der Waals surface area contributed by atoms with Gasteiger partial charge in [-0.2, -0.15) is 0 Å². The lowest BCUT2D eigenvalue weighted by atomic mass is 9.81. The summed E-state index contributed by atoms with van der Waals surface area (Å²) in [6, 6.07) is 47.0. The first-order chi connectivity index (χ1) is 27.9. The molecule has 0 saturated heterocycles. The molecule has 0 N–H and O–H groups in total. The van der Waals surface area contributed by atoms with Crippen molar-refractivity contribution in [1.82, 2.24) is 19.1 Å². The highest BCUT2D eigenvalue weighted by atomic mass is 16.5. The van der Waals surface area contributed by atoms with Gasteiger partial charge in [0.2, 0.25) is 0 Å². The molecule has 4 heterocycles. The summed E-state index contributed by atoms with van der Waals surface area (Å²) in [6.07, 6.45) is 8.59. The topological polar surface area (TPSA) is 48.8 Å². The summed E-state index contributed by atoms with van der Waals surface area (Å²) in [5.74, 6) is 3.02. The lowest BCUT2D eigenvalue weighted by molar-refractivity contribution is -0.572. The summed E-state index contributed by atoms with van der Waals surface area (Å²) in [5, 5.41) is 2.32. The second-order valence-corrected chi connectivity index (χ2v) is 18.1. The molecule has 0 radical (unpaired) electrons. The van der Waals surface area contributed by atoms with E-state index in [1.54, 1.807) is 0 Å². The second kappa shape index (κ2) is 13.0. The van der Waals surface area contributed by atoms with Crippen molar-refractivity contribution < 1.29 is 9.30 Å². The first-order valence-corrected chi connectivity index (χ1v) is 20.2. The highest BCUT2D eigenvalue weighted by Gasteiger charge is 2.44. The Balaban J connectivity index is 1.10. The average molecular weight is 758 g/mol. The molecular formula is C52H47N5O. The van der Waals surface area contributed by atoms with Crippen LogP contribution in [0.5, 0.6) is 11.5 Å². The predicted octanol–water partition coefficient (Wildman–Crippen LogP) is 12.3. The van der Waals surface area contributed by atoms with Gasteiger partial charge in [-0.25, -0.2) is 4.98 Å². The third-order valence-electron chi connectivity index (χ3n) is 12.0. The zero-order valence-electron chi connectivity index (χ0n) is 34.2. The summed E-state index contributed by atoms with van der Waals surface area (Å²) < 4.78 is 13.3. The maximum Gasteiger partial charge on any atom is 0.271 e. The Kier molecular flexibility index (Phi) is 8.04. The molecule has 286 valence electrons. The van der Waals surface area contributed by atoms with E-state index < -0.39 is 0 Å². The number of hydrogen-bond acceptors (Lipinski definition) is 3. The number of rotatable bonds is 6. The van der Waals surface area contributed by atoms with E-state index in [0.29, 0.717) is 5.75 Å². The van der Waals surface area contributed by atoms with Gasteiger partial charge < -0.3 is 4.74 Å². The number of imidazole rings is 1. The minimum absolute atomic E-state index is 0.00959. The first kappa shape index (κ1) is 35.9. The van der Waals surface area contributed by atoms with Crippen LogP contribution < -0.4 is 9.30 Å². The molecule has 6 heteroatoms. The summed E-state index contributed by atoms with van der Waals surface area (Å²) in [7, 11) is 0. The Morgan fingerprint density at radius 2 is 1.33 bits per heavy atom. The van der Waals surface area contributed by atoms with Crippen molar-refractivity contribution in [2.45, 2.75) is 71.1 Å². The van der Waals surface area contributed by atoms with Gasteiger partial charge in [0, 0.05) is 35.3 Å². The summed E-state index contributed by atoms with van der Waals surface area (Å²) in [4.78, 5) is 9.77. The highest BCUT2D eigenvalue weighted by molar-refractivity contribution is 6.09. The number of pyridine rings is 2. The smallest absolute Gasteiger partial charge is 0.271 e.